The largest absolute Gasteiger partial charge is 0.467 e. The average Bonchev–Trinajstić information content (AvgIpc) is 2.82. The predicted molar refractivity (Wildman–Crippen MR) is 67.1 cm³/mol. The van der Waals surface area contributed by atoms with Gasteiger partial charge in [0.05, 0.1) is 12.8 Å². The molecule has 5 heteroatoms. The Hall–Kier alpha value is -2.04. The second-order valence-electron chi connectivity index (χ2n) is 3.86. The van der Waals surface area contributed by atoms with Crippen molar-refractivity contribution in [1.82, 2.24) is 9.97 Å². The Balaban J connectivity index is 2.22. The van der Waals surface area contributed by atoms with Crippen LogP contribution in [0.5, 0.6) is 0 Å². The Kier molecular flexibility index (Phi) is 3.27. The van der Waals surface area contributed by atoms with Crippen molar-refractivity contribution in [2.75, 3.05) is 24.3 Å². The first-order valence-corrected chi connectivity index (χ1v) is 5.45. The maximum Gasteiger partial charge on any atom is 0.137 e. The lowest BCUT2D eigenvalue weighted by Gasteiger charge is -2.19. The van der Waals surface area contributed by atoms with E-state index in [4.69, 9.17) is 4.42 Å². The van der Waals surface area contributed by atoms with E-state index in [0.717, 1.165) is 23.0 Å². The third-order valence-electron chi connectivity index (χ3n) is 2.63. The minimum Gasteiger partial charge on any atom is -0.467 e. The summed E-state index contributed by atoms with van der Waals surface area (Å²) >= 11 is 0. The van der Waals surface area contributed by atoms with Crippen LogP contribution in [0.3, 0.4) is 0 Å². The molecule has 0 amide bonds. The van der Waals surface area contributed by atoms with E-state index in [1.54, 1.807) is 12.6 Å². The van der Waals surface area contributed by atoms with Gasteiger partial charge in [-0.15, -0.1) is 0 Å². The molecule has 0 atom stereocenters. The number of rotatable bonds is 4. The lowest BCUT2D eigenvalue weighted by Crippen LogP contribution is -2.19. The Morgan fingerprint density at radius 3 is 2.88 bits per heavy atom. The van der Waals surface area contributed by atoms with Crippen LogP contribution in [-0.2, 0) is 6.54 Å². The molecule has 1 N–H and O–H groups in total. The molecule has 2 aromatic rings. The molecule has 0 fully saturated rings. The fourth-order valence-electron chi connectivity index (χ4n) is 1.79. The molecule has 0 aliphatic rings. The van der Waals surface area contributed by atoms with Crippen molar-refractivity contribution in [1.29, 1.82) is 0 Å². The molecular weight excluding hydrogens is 216 g/mol. The molecule has 0 radical (unpaired) electrons. The highest BCUT2D eigenvalue weighted by molar-refractivity contribution is 5.57. The fourth-order valence-corrected chi connectivity index (χ4v) is 1.79. The van der Waals surface area contributed by atoms with E-state index in [9.17, 15) is 0 Å². The zero-order valence-corrected chi connectivity index (χ0v) is 10.3. The summed E-state index contributed by atoms with van der Waals surface area (Å²) in [5.41, 5.74) is 1.03. The zero-order chi connectivity index (χ0) is 12.3. The Morgan fingerprint density at radius 2 is 2.24 bits per heavy atom. The van der Waals surface area contributed by atoms with Gasteiger partial charge in [-0.05, 0) is 19.1 Å². The van der Waals surface area contributed by atoms with Crippen LogP contribution in [0.1, 0.15) is 11.3 Å². The van der Waals surface area contributed by atoms with Gasteiger partial charge in [0.1, 0.15) is 23.7 Å². The van der Waals surface area contributed by atoms with Gasteiger partial charge in [-0.2, -0.15) is 0 Å². The molecule has 0 bridgehead atoms. The van der Waals surface area contributed by atoms with E-state index in [1.165, 1.54) is 0 Å². The first-order valence-electron chi connectivity index (χ1n) is 5.45. The summed E-state index contributed by atoms with van der Waals surface area (Å²) in [5, 5.41) is 3.05. The number of nitrogens with one attached hydrogen (secondary N) is 1. The summed E-state index contributed by atoms with van der Waals surface area (Å²) in [7, 11) is 3.84. The van der Waals surface area contributed by atoms with Crippen LogP contribution >= 0.6 is 0 Å². The molecule has 0 saturated carbocycles. The molecule has 0 saturated heterocycles. The Labute approximate surface area is 100 Å². The van der Waals surface area contributed by atoms with Crippen LogP contribution < -0.4 is 10.2 Å². The van der Waals surface area contributed by atoms with E-state index < -0.39 is 0 Å². The van der Waals surface area contributed by atoms with Gasteiger partial charge < -0.3 is 14.6 Å². The molecule has 0 aliphatic heterocycles. The van der Waals surface area contributed by atoms with Crippen molar-refractivity contribution in [3.05, 3.63) is 36.0 Å². The lowest BCUT2D eigenvalue weighted by atomic mass is 10.3. The zero-order valence-electron chi connectivity index (χ0n) is 10.3. The van der Waals surface area contributed by atoms with E-state index in [0.29, 0.717) is 6.54 Å². The Morgan fingerprint density at radius 1 is 1.41 bits per heavy atom. The monoisotopic (exact) mass is 232 g/mol. The number of hydrogen-bond acceptors (Lipinski definition) is 5. The third-order valence-corrected chi connectivity index (χ3v) is 2.63. The number of nitrogens with zero attached hydrogens (tertiary/aromatic N) is 3. The summed E-state index contributed by atoms with van der Waals surface area (Å²) in [5.74, 6) is 2.67. The normalized spacial score (nSPS) is 10.3. The number of aromatic nitrogens is 2. The number of anilines is 2. The summed E-state index contributed by atoms with van der Waals surface area (Å²) in [6.45, 7) is 2.69. The third kappa shape index (κ3) is 2.38. The molecule has 2 rings (SSSR count). The van der Waals surface area contributed by atoms with Crippen molar-refractivity contribution >= 4 is 11.6 Å². The molecule has 0 aliphatic carbocycles. The standard InChI is InChI=1S/C12H16N4O/c1-9-11(13-2)14-8-15-12(9)16(3)7-10-5-4-6-17-10/h4-6,8H,7H2,1-3H3,(H,13,14,15). The van der Waals surface area contributed by atoms with Crippen molar-refractivity contribution in [3.63, 3.8) is 0 Å². The molecule has 90 valence electrons. The van der Waals surface area contributed by atoms with Gasteiger partial charge in [-0.3, -0.25) is 0 Å². The van der Waals surface area contributed by atoms with E-state index in [2.05, 4.69) is 15.3 Å². The predicted octanol–water partition coefficient (Wildman–Crippen LogP) is 2.06. The van der Waals surface area contributed by atoms with E-state index in [1.807, 2.05) is 38.1 Å². The number of hydrogen-bond donors (Lipinski definition) is 1. The molecule has 0 aromatic carbocycles. The van der Waals surface area contributed by atoms with Gasteiger partial charge >= 0.3 is 0 Å². The number of furan rings is 1. The average molecular weight is 232 g/mol. The van der Waals surface area contributed by atoms with Gasteiger partial charge in [0.15, 0.2) is 0 Å². The summed E-state index contributed by atoms with van der Waals surface area (Å²) in [4.78, 5) is 10.5. The summed E-state index contributed by atoms with van der Waals surface area (Å²) < 4.78 is 5.32. The maximum absolute atomic E-state index is 5.32. The Bertz CT molecular complexity index is 481. The SMILES string of the molecule is CNc1ncnc(N(C)Cc2ccco2)c1C. The minimum absolute atomic E-state index is 0.688. The highest BCUT2D eigenvalue weighted by atomic mass is 16.3. The molecule has 17 heavy (non-hydrogen) atoms. The smallest absolute Gasteiger partial charge is 0.137 e. The van der Waals surface area contributed by atoms with Gasteiger partial charge in [0.25, 0.3) is 0 Å². The molecule has 0 spiro atoms. The molecule has 0 unspecified atom stereocenters. The highest BCUT2D eigenvalue weighted by Gasteiger charge is 2.11. The van der Waals surface area contributed by atoms with Gasteiger partial charge in [-0.25, -0.2) is 9.97 Å². The van der Waals surface area contributed by atoms with Crippen molar-refractivity contribution in [2.24, 2.45) is 0 Å². The summed E-state index contributed by atoms with van der Waals surface area (Å²) in [6.07, 6.45) is 3.24. The molecule has 2 aromatic heterocycles. The van der Waals surface area contributed by atoms with Crippen LogP contribution in [-0.4, -0.2) is 24.1 Å². The first-order chi connectivity index (χ1) is 8.22. The molecular formula is C12H16N4O. The first kappa shape index (κ1) is 11.4. The van der Waals surface area contributed by atoms with Crippen molar-refractivity contribution < 1.29 is 4.42 Å². The van der Waals surface area contributed by atoms with Gasteiger partial charge in [-0.1, -0.05) is 0 Å². The quantitative estimate of drug-likeness (QED) is 0.874. The second-order valence-corrected chi connectivity index (χ2v) is 3.86. The molecule has 5 nitrogen and oxygen atoms in total. The second kappa shape index (κ2) is 4.86. The van der Waals surface area contributed by atoms with Crippen LogP contribution in [0.4, 0.5) is 11.6 Å². The van der Waals surface area contributed by atoms with Crippen molar-refractivity contribution in [3.8, 4) is 0 Å². The fraction of sp³-hybridized carbons (Fsp3) is 0.333. The van der Waals surface area contributed by atoms with Gasteiger partial charge in [0.2, 0.25) is 0 Å². The van der Waals surface area contributed by atoms with Crippen LogP contribution in [0.15, 0.2) is 29.1 Å². The van der Waals surface area contributed by atoms with E-state index in [-0.39, 0.29) is 0 Å². The topological polar surface area (TPSA) is 54.2 Å². The maximum atomic E-state index is 5.32. The highest BCUT2D eigenvalue weighted by Crippen LogP contribution is 2.22. The van der Waals surface area contributed by atoms with E-state index >= 15 is 0 Å². The van der Waals surface area contributed by atoms with Crippen LogP contribution in [0.2, 0.25) is 0 Å². The summed E-state index contributed by atoms with van der Waals surface area (Å²) in [6, 6.07) is 3.83. The minimum atomic E-state index is 0.688. The van der Waals surface area contributed by atoms with Crippen molar-refractivity contribution in [2.45, 2.75) is 13.5 Å². The van der Waals surface area contributed by atoms with Gasteiger partial charge in [0, 0.05) is 19.7 Å². The lowest BCUT2D eigenvalue weighted by molar-refractivity contribution is 0.506. The molecule has 2 heterocycles. The van der Waals surface area contributed by atoms with Crippen LogP contribution in [0.25, 0.3) is 0 Å². The van der Waals surface area contributed by atoms with Crippen LogP contribution in [0, 0.1) is 6.92 Å².